The average Bonchev–Trinajstić information content (AvgIpc) is 3.52. The number of nitrogens with zero attached hydrogens (tertiary/aromatic N) is 2. The van der Waals surface area contributed by atoms with Crippen LogP contribution in [0.3, 0.4) is 0 Å². The Morgan fingerprint density at radius 2 is 1.71 bits per heavy atom. The van der Waals surface area contributed by atoms with Crippen molar-refractivity contribution in [1.29, 1.82) is 0 Å². The molecule has 2 aromatic carbocycles. The van der Waals surface area contributed by atoms with E-state index in [9.17, 15) is 31.5 Å². The molecule has 2 unspecified atom stereocenters. The fourth-order valence-electron chi connectivity index (χ4n) is 5.95. The number of amides is 3. The molecule has 204 valence electrons. The minimum absolute atomic E-state index is 0.142. The topological polar surface area (TPSA) is 61.9 Å². The van der Waals surface area contributed by atoms with Crippen LogP contribution in [0.25, 0.3) is 0 Å². The van der Waals surface area contributed by atoms with Crippen LogP contribution in [0.1, 0.15) is 60.8 Å². The van der Waals surface area contributed by atoms with E-state index in [1.807, 2.05) is 0 Å². The maximum atomic E-state index is 13.7. The largest absolute Gasteiger partial charge is 0.446 e. The third kappa shape index (κ3) is 5.34. The molecule has 1 saturated carbocycles. The SMILES string of the molecule is O=C(NC1CCN(C2CCC(c3ccccc3C(F)(F)F)CC2)C1)N1C(=O)OCC1c1ccc(F)c(F)c1. The van der Waals surface area contributed by atoms with Crippen LogP contribution in [0.5, 0.6) is 0 Å². The Bertz CT molecular complexity index is 1200. The number of imide groups is 1. The van der Waals surface area contributed by atoms with Gasteiger partial charge in [0, 0.05) is 25.2 Å². The van der Waals surface area contributed by atoms with Gasteiger partial charge in [-0.15, -0.1) is 0 Å². The highest BCUT2D eigenvalue weighted by Gasteiger charge is 2.41. The summed E-state index contributed by atoms with van der Waals surface area (Å²) in [5.41, 5.74) is 0.0504. The second-order valence-corrected chi connectivity index (χ2v) is 10.2. The van der Waals surface area contributed by atoms with Crippen molar-refractivity contribution in [3.8, 4) is 0 Å². The number of alkyl halides is 3. The standard InChI is InChI=1S/C27H28F5N3O3/c28-22-10-7-17(13-23(22)29)24-15-38-26(37)35(24)25(36)33-18-11-12-34(14-18)19-8-5-16(6-9-19)20-3-1-2-4-21(20)27(30,31)32/h1-4,7,10,13,16,18-19,24H,5-6,8-9,11-12,14-15H2,(H,33,36). The molecule has 3 aliphatic rings. The molecule has 5 rings (SSSR count). The van der Waals surface area contributed by atoms with Crippen LogP contribution in [0, 0.1) is 11.6 Å². The molecule has 6 nitrogen and oxygen atoms in total. The number of ether oxygens (including phenoxy) is 1. The van der Waals surface area contributed by atoms with Gasteiger partial charge < -0.3 is 10.1 Å². The first-order chi connectivity index (χ1) is 18.1. The second kappa shape index (κ2) is 10.5. The van der Waals surface area contributed by atoms with Crippen molar-refractivity contribution in [2.45, 2.75) is 62.3 Å². The van der Waals surface area contributed by atoms with Gasteiger partial charge in [-0.2, -0.15) is 13.2 Å². The Kier molecular flexibility index (Phi) is 7.30. The van der Waals surface area contributed by atoms with Crippen LogP contribution in [-0.2, 0) is 10.9 Å². The summed E-state index contributed by atoms with van der Waals surface area (Å²) in [6.07, 6.45) is -1.75. The molecule has 2 heterocycles. The Hall–Kier alpha value is -3.21. The summed E-state index contributed by atoms with van der Waals surface area (Å²) in [7, 11) is 0. The van der Waals surface area contributed by atoms with Gasteiger partial charge in [-0.1, -0.05) is 24.3 Å². The lowest BCUT2D eigenvalue weighted by molar-refractivity contribution is -0.138. The van der Waals surface area contributed by atoms with Crippen LogP contribution in [0.15, 0.2) is 42.5 Å². The molecule has 1 aliphatic carbocycles. The van der Waals surface area contributed by atoms with Gasteiger partial charge in [-0.3, -0.25) is 4.90 Å². The van der Waals surface area contributed by atoms with Crippen molar-refractivity contribution in [3.63, 3.8) is 0 Å². The number of halogens is 5. The van der Waals surface area contributed by atoms with Gasteiger partial charge in [0.25, 0.3) is 0 Å². The molecule has 3 amide bonds. The number of benzene rings is 2. The molecule has 2 saturated heterocycles. The zero-order chi connectivity index (χ0) is 27.0. The first kappa shape index (κ1) is 26.4. The van der Waals surface area contributed by atoms with Crippen LogP contribution in [0.2, 0.25) is 0 Å². The summed E-state index contributed by atoms with van der Waals surface area (Å²) >= 11 is 0. The molecule has 0 spiro atoms. The summed E-state index contributed by atoms with van der Waals surface area (Å²) < 4.78 is 72.4. The average molecular weight is 538 g/mol. The third-order valence-corrected chi connectivity index (χ3v) is 7.89. The number of carbonyl (C=O) groups is 2. The van der Waals surface area contributed by atoms with Crippen LogP contribution >= 0.6 is 0 Å². The fraction of sp³-hybridized carbons (Fsp3) is 0.481. The van der Waals surface area contributed by atoms with Crippen molar-refractivity contribution < 1.29 is 36.3 Å². The Balaban J connectivity index is 1.16. The van der Waals surface area contributed by atoms with Gasteiger partial charge in [-0.05, 0) is 67.3 Å². The highest BCUT2D eigenvalue weighted by molar-refractivity contribution is 5.92. The molecule has 38 heavy (non-hydrogen) atoms. The number of nitrogens with one attached hydrogen (secondary N) is 1. The molecule has 0 aromatic heterocycles. The van der Waals surface area contributed by atoms with E-state index in [1.54, 1.807) is 12.1 Å². The van der Waals surface area contributed by atoms with Gasteiger partial charge in [0.05, 0.1) is 5.56 Å². The predicted molar refractivity (Wildman–Crippen MR) is 127 cm³/mol. The van der Waals surface area contributed by atoms with Crippen molar-refractivity contribution >= 4 is 12.1 Å². The first-order valence-electron chi connectivity index (χ1n) is 12.7. The zero-order valence-electron chi connectivity index (χ0n) is 20.5. The summed E-state index contributed by atoms with van der Waals surface area (Å²) in [4.78, 5) is 28.4. The van der Waals surface area contributed by atoms with Gasteiger partial charge in [0.15, 0.2) is 11.6 Å². The van der Waals surface area contributed by atoms with Crippen LogP contribution in [-0.4, -0.2) is 53.7 Å². The maximum Gasteiger partial charge on any atom is 0.418 e. The summed E-state index contributed by atoms with van der Waals surface area (Å²) in [5.74, 6) is -2.25. The minimum atomic E-state index is -4.38. The van der Waals surface area contributed by atoms with Gasteiger partial charge in [0.1, 0.15) is 12.6 Å². The van der Waals surface area contributed by atoms with E-state index in [-0.39, 0.29) is 30.2 Å². The molecule has 0 bridgehead atoms. The lowest BCUT2D eigenvalue weighted by Gasteiger charge is -2.35. The van der Waals surface area contributed by atoms with Gasteiger partial charge in [-0.25, -0.2) is 23.3 Å². The number of rotatable bonds is 4. The lowest BCUT2D eigenvalue weighted by atomic mass is 9.79. The molecule has 3 fully saturated rings. The van der Waals surface area contributed by atoms with E-state index >= 15 is 0 Å². The molecule has 11 heteroatoms. The Labute approximate surface area is 216 Å². The molecule has 2 atom stereocenters. The second-order valence-electron chi connectivity index (χ2n) is 10.2. The Morgan fingerprint density at radius 1 is 0.974 bits per heavy atom. The van der Waals surface area contributed by atoms with E-state index in [0.717, 1.165) is 42.5 Å². The van der Waals surface area contributed by atoms with Crippen molar-refractivity contribution in [2.24, 2.45) is 0 Å². The van der Waals surface area contributed by atoms with Gasteiger partial charge >= 0.3 is 18.3 Å². The molecule has 2 aromatic rings. The van der Waals surface area contributed by atoms with E-state index in [1.165, 1.54) is 12.1 Å². The minimum Gasteiger partial charge on any atom is -0.446 e. The number of carbonyl (C=O) groups excluding carboxylic acids is 2. The van der Waals surface area contributed by atoms with Gasteiger partial charge in [0.2, 0.25) is 0 Å². The number of hydrogen-bond acceptors (Lipinski definition) is 4. The summed E-state index contributed by atoms with van der Waals surface area (Å²) in [5, 5.41) is 2.86. The van der Waals surface area contributed by atoms with E-state index in [0.29, 0.717) is 31.4 Å². The lowest BCUT2D eigenvalue weighted by Crippen LogP contribution is -2.47. The molecule has 1 N–H and O–H groups in total. The number of cyclic esters (lactones) is 1. The third-order valence-electron chi connectivity index (χ3n) is 7.89. The molecule has 2 aliphatic heterocycles. The normalized spacial score (nSPS) is 26.4. The number of urea groups is 1. The van der Waals surface area contributed by atoms with E-state index in [2.05, 4.69) is 10.2 Å². The monoisotopic (exact) mass is 537 g/mol. The summed E-state index contributed by atoms with van der Waals surface area (Å²) in [6, 6.07) is 7.42. The van der Waals surface area contributed by atoms with Crippen LogP contribution < -0.4 is 5.32 Å². The molecular weight excluding hydrogens is 509 g/mol. The highest BCUT2D eigenvalue weighted by atomic mass is 19.4. The van der Waals surface area contributed by atoms with Crippen molar-refractivity contribution in [2.75, 3.05) is 19.7 Å². The number of likely N-dealkylation sites (tertiary alicyclic amines) is 1. The maximum absolute atomic E-state index is 13.7. The van der Waals surface area contributed by atoms with Crippen molar-refractivity contribution in [3.05, 3.63) is 70.8 Å². The quantitative estimate of drug-likeness (QED) is 0.487. The predicted octanol–water partition coefficient (Wildman–Crippen LogP) is 5.99. The Morgan fingerprint density at radius 3 is 2.42 bits per heavy atom. The highest BCUT2D eigenvalue weighted by Crippen LogP contribution is 2.41. The van der Waals surface area contributed by atoms with E-state index < -0.39 is 41.5 Å². The van der Waals surface area contributed by atoms with Crippen molar-refractivity contribution in [1.82, 2.24) is 15.1 Å². The molecule has 0 radical (unpaired) electrons. The fourth-order valence-corrected chi connectivity index (χ4v) is 5.95. The van der Waals surface area contributed by atoms with Crippen LogP contribution in [0.4, 0.5) is 31.5 Å². The first-order valence-corrected chi connectivity index (χ1v) is 12.7. The van der Waals surface area contributed by atoms with E-state index in [4.69, 9.17) is 4.74 Å². The number of hydrogen-bond donors (Lipinski definition) is 1. The molecular formula is C27H28F5N3O3. The smallest absolute Gasteiger partial charge is 0.418 e. The summed E-state index contributed by atoms with van der Waals surface area (Å²) in [6.45, 7) is 1.12. The zero-order valence-corrected chi connectivity index (χ0v) is 20.5.